The summed E-state index contributed by atoms with van der Waals surface area (Å²) in [5.74, 6) is 0.257. The molecule has 0 saturated carbocycles. The van der Waals surface area contributed by atoms with Gasteiger partial charge in [0.1, 0.15) is 0 Å². The Morgan fingerprint density at radius 2 is 2.05 bits per heavy atom. The lowest BCUT2D eigenvalue weighted by atomic mass is 10.1. The highest BCUT2D eigenvalue weighted by molar-refractivity contribution is 5.97. The Kier molecular flexibility index (Phi) is 3.92. The number of anilines is 2. The zero-order valence-electron chi connectivity index (χ0n) is 12.1. The molecule has 1 saturated heterocycles. The minimum atomic E-state index is 0.257. The van der Waals surface area contributed by atoms with Gasteiger partial charge in [0.15, 0.2) is 0 Å². The van der Waals surface area contributed by atoms with Gasteiger partial charge in [0.2, 0.25) is 5.91 Å². The number of fused-ring (bicyclic) bond motifs is 1. The Bertz CT molecular complexity index is 482. The Labute approximate surface area is 120 Å². The Morgan fingerprint density at radius 1 is 1.25 bits per heavy atom. The van der Waals surface area contributed by atoms with Gasteiger partial charge in [0, 0.05) is 32.6 Å². The van der Waals surface area contributed by atoms with E-state index in [2.05, 4.69) is 29.4 Å². The number of para-hydroxylation sites is 2. The van der Waals surface area contributed by atoms with Gasteiger partial charge in [0.05, 0.1) is 11.4 Å². The molecule has 1 aromatic carbocycles. The number of carbonyl (C=O) groups excluding carboxylic acids is 1. The minimum absolute atomic E-state index is 0.257. The van der Waals surface area contributed by atoms with Crippen molar-refractivity contribution in [2.45, 2.75) is 31.7 Å². The van der Waals surface area contributed by atoms with E-state index in [9.17, 15) is 4.79 Å². The largest absolute Gasteiger partial charge is 0.373 e. The molecule has 4 nitrogen and oxygen atoms in total. The number of rotatable bonds is 2. The maximum absolute atomic E-state index is 12.6. The van der Waals surface area contributed by atoms with Gasteiger partial charge in [-0.1, -0.05) is 12.1 Å². The van der Waals surface area contributed by atoms with Gasteiger partial charge in [0.25, 0.3) is 0 Å². The van der Waals surface area contributed by atoms with Gasteiger partial charge >= 0.3 is 0 Å². The summed E-state index contributed by atoms with van der Waals surface area (Å²) in [4.78, 5) is 16.9. The summed E-state index contributed by atoms with van der Waals surface area (Å²) in [5, 5.41) is 3.42. The normalized spacial score (nSPS) is 22.6. The number of hydrogen-bond donors (Lipinski definition) is 1. The highest BCUT2D eigenvalue weighted by Crippen LogP contribution is 2.31. The predicted molar refractivity (Wildman–Crippen MR) is 82.3 cm³/mol. The Balaban J connectivity index is 1.81. The molecule has 1 amide bonds. The van der Waals surface area contributed by atoms with Gasteiger partial charge in [-0.3, -0.25) is 4.79 Å². The number of benzene rings is 1. The molecule has 0 aliphatic carbocycles. The van der Waals surface area contributed by atoms with Crippen molar-refractivity contribution in [3.63, 3.8) is 0 Å². The van der Waals surface area contributed by atoms with E-state index in [4.69, 9.17) is 0 Å². The van der Waals surface area contributed by atoms with Crippen molar-refractivity contribution in [1.29, 1.82) is 0 Å². The molecule has 1 fully saturated rings. The minimum Gasteiger partial charge on any atom is -0.373 e. The van der Waals surface area contributed by atoms with Crippen LogP contribution in [0.3, 0.4) is 0 Å². The summed E-state index contributed by atoms with van der Waals surface area (Å²) < 4.78 is 0. The Hall–Kier alpha value is -1.55. The maximum Gasteiger partial charge on any atom is 0.228 e. The SMILES string of the molecule is CN1CCCN(C(=O)CC2CCCN2)c2ccccc21. The molecule has 1 N–H and O–H groups in total. The number of amides is 1. The highest BCUT2D eigenvalue weighted by Gasteiger charge is 2.26. The smallest absolute Gasteiger partial charge is 0.228 e. The van der Waals surface area contributed by atoms with Gasteiger partial charge < -0.3 is 15.1 Å². The first-order valence-electron chi connectivity index (χ1n) is 7.59. The molecule has 0 aromatic heterocycles. The molecule has 2 heterocycles. The monoisotopic (exact) mass is 273 g/mol. The van der Waals surface area contributed by atoms with Gasteiger partial charge in [-0.2, -0.15) is 0 Å². The van der Waals surface area contributed by atoms with E-state index in [1.54, 1.807) is 0 Å². The van der Waals surface area contributed by atoms with E-state index >= 15 is 0 Å². The Morgan fingerprint density at radius 3 is 2.80 bits per heavy atom. The van der Waals surface area contributed by atoms with E-state index in [-0.39, 0.29) is 5.91 Å². The number of nitrogens with one attached hydrogen (secondary N) is 1. The molecule has 1 aromatic rings. The standard InChI is InChI=1S/C16H23N3O/c1-18-10-5-11-19(15-8-3-2-7-14(15)18)16(20)12-13-6-4-9-17-13/h2-3,7-8,13,17H,4-6,9-12H2,1H3. The van der Waals surface area contributed by atoms with Crippen molar-refractivity contribution < 1.29 is 4.79 Å². The average molecular weight is 273 g/mol. The molecule has 0 bridgehead atoms. The van der Waals surface area contributed by atoms with E-state index in [1.807, 2.05) is 17.0 Å². The van der Waals surface area contributed by atoms with Crippen LogP contribution in [0.15, 0.2) is 24.3 Å². The summed E-state index contributed by atoms with van der Waals surface area (Å²) in [6.45, 7) is 2.88. The molecule has 3 rings (SSSR count). The van der Waals surface area contributed by atoms with Crippen LogP contribution in [0.4, 0.5) is 11.4 Å². The van der Waals surface area contributed by atoms with Crippen LogP contribution in [-0.4, -0.2) is 38.6 Å². The summed E-state index contributed by atoms with van der Waals surface area (Å²) >= 11 is 0. The summed E-state index contributed by atoms with van der Waals surface area (Å²) in [6.07, 6.45) is 3.96. The third kappa shape index (κ3) is 2.66. The van der Waals surface area contributed by atoms with Crippen LogP contribution in [0.2, 0.25) is 0 Å². The van der Waals surface area contributed by atoms with Crippen LogP contribution in [0.25, 0.3) is 0 Å². The molecule has 0 radical (unpaired) electrons. The first kappa shape index (κ1) is 13.4. The second kappa shape index (κ2) is 5.83. The topological polar surface area (TPSA) is 35.6 Å². The van der Waals surface area contributed by atoms with Gasteiger partial charge in [-0.05, 0) is 37.9 Å². The molecule has 2 aliphatic rings. The lowest BCUT2D eigenvalue weighted by Gasteiger charge is -2.25. The summed E-state index contributed by atoms with van der Waals surface area (Å²) in [5.41, 5.74) is 2.23. The predicted octanol–water partition coefficient (Wildman–Crippen LogP) is 2.00. The molecule has 2 aliphatic heterocycles. The van der Waals surface area contributed by atoms with Crippen LogP contribution in [0.1, 0.15) is 25.7 Å². The lowest BCUT2D eigenvalue weighted by molar-refractivity contribution is -0.119. The molecular weight excluding hydrogens is 250 g/mol. The second-order valence-corrected chi connectivity index (χ2v) is 5.81. The van der Waals surface area contributed by atoms with Gasteiger partial charge in [-0.15, -0.1) is 0 Å². The zero-order valence-corrected chi connectivity index (χ0v) is 12.1. The first-order chi connectivity index (χ1) is 9.75. The third-order valence-electron chi connectivity index (χ3n) is 4.34. The number of carbonyl (C=O) groups is 1. The van der Waals surface area contributed by atoms with Crippen molar-refractivity contribution >= 4 is 17.3 Å². The second-order valence-electron chi connectivity index (χ2n) is 5.81. The van der Waals surface area contributed by atoms with Gasteiger partial charge in [-0.25, -0.2) is 0 Å². The molecule has 1 atom stereocenters. The summed E-state index contributed by atoms with van der Waals surface area (Å²) in [7, 11) is 2.10. The summed E-state index contributed by atoms with van der Waals surface area (Å²) in [6, 6.07) is 8.61. The molecule has 1 unspecified atom stereocenters. The fourth-order valence-electron chi connectivity index (χ4n) is 3.23. The highest BCUT2D eigenvalue weighted by atomic mass is 16.2. The lowest BCUT2D eigenvalue weighted by Crippen LogP contribution is -2.36. The van der Waals surface area contributed by atoms with Crippen LogP contribution in [0, 0.1) is 0 Å². The number of nitrogens with zero attached hydrogens (tertiary/aromatic N) is 2. The van der Waals surface area contributed by atoms with E-state index in [0.717, 1.165) is 43.9 Å². The molecule has 20 heavy (non-hydrogen) atoms. The van der Waals surface area contributed by atoms with E-state index in [0.29, 0.717) is 12.5 Å². The van der Waals surface area contributed by atoms with Crippen molar-refractivity contribution in [3.8, 4) is 0 Å². The van der Waals surface area contributed by atoms with Crippen LogP contribution in [-0.2, 0) is 4.79 Å². The molecular formula is C16H23N3O. The first-order valence-corrected chi connectivity index (χ1v) is 7.59. The average Bonchev–Trinajstić information content (AvgIpc) is 2.90. The fraction of sp³-hybridized carbons (Fsp3) is 0.562. The molecule has 0 spiro atoms. The van der Waals surface area contributed by atoms with Crippen LogP contribution in [0.5, 0.6) is 0 Å². The van der Waals surface area contributed by atoms with Crippen LogP contribution < -0.4 is 15.1 Å². The van der Waals surface area contributed by atoms with Crippen LogP contribution >= 0.6 is 0 Å². The number of hydrogen-bond acceptors (Lipinski definition) is 3. The van der Waals surface area contributed by atoms with Crippen molar-refractivity contribution in [1.82, 2.24) is 5.32 Å². The quantitative estimate of drug-likeness (QED) is 0.895. The molecule has 4 heteroatoms. The molecule has 108 valence electrons. The van der Waals surface area contributed by atoms with E-state index in [1.165, 1.54) is 6.42 Å². The van der Waals surface area contributed by atoms with E-state index < -0.39 is 0 Å². The maximum atomic E-state index is 12.6. The van der Waals surface area contributed by atoms with Crippen molar-refractivity contribution in [3.05, 3.63) is 24.3 Å². The third-order valence-corrected chi connectivity index (χ3v) is 4.34. The van der Waals surface area contributed by atoms with Crippen molar-refractivity contribution in [2.24, 2.45) is 0 Å². The van der Waals surface area contributed by atoms with Crippen molar-refractivity contribution in [2.75, 3.05) is 36.5 Å². The fourth-order valence-corrected chi connectivity index (χ4v) is 3.23. The zero-order chi connectivity index (χ0) is 13.9.